The molecular weight excluding hydrogens is 310 g/mol. The number of thioether (sulfide) groups is 1. The molecule has 1 aliphatic rings. The number of benzene rings is 1. The van der Waals surface area contributed by atoms with Crippen molar-refractivity contribution in [1.29, 1.82) is 0 Å². The molecule has 1 aliphatic heterocycles. The average molecular weight is 327 g/mol. The van der Waals surface area contributed by atoms with Crippen molar-refractivity contribution in [1.82, 2.24) is 9.97 Å². The molecule has 1 aromatic carbocycles. The highest BCUT2D eigenvalue weighted by Gasteiger charge is 2.40. The number of anilines is 1. The predicted molar refractivity (Wildman–Crippen MR) is 89.4 cm³/mol. The molecule has 1 saturated heterocycles. The molecule has 118 valence electrons. The van der Waals surface area contributed by atoms with E-state index in [0.717, 1.165) is 17.0 Å². The van der Waals surface area contributed by atoms with Gasteiger partial charge in [-0.25, -0.2) is 14.9 Å². The van der Waals surface area contributed by atoms with E-state index in [1.165, 1.54) is 16.7 Å². The Bertz CT molecular complexity index is 771. The van der Waals surface area contributed by atoms with Crippen molar-refractivity contribution >= 4 is 29.3 Å². The normalized spacial score (nSPS) is 17.9. The molecule has 0 bridgehead atoms. The Morgan fingerprint density at radius 3 is 2.43 bits per heavy atom. The van der Waals surface area contributed by atoms with Crippen molar-refractivity contribution in [3.8, 4) is 0 Å². The SMILES string of the molecule is Cc1cccc(N2C(=O)C[C@@H](Sc3nc(C)cc(C)n3)C2=O)c1. The molecule has 0 saturated carbocycles. The van der Waals surface area contributed by atoms with Crippen molar-refractivity contribution in [3.05, 3.63) is 47.3 Å². The lowest BCUT2D eigenvalue weighted by atomic mass is 10.2. The van der Waals surface area contributed by atoms with Crippen LogP contribution in [-0.2, 0) is 9.59 Å². The van der Waals surface area contributed by atoms with Gasteiger partial charge < -0.3 is 0 Å². The van der Waals surface area contributed by atoms with E-state index in [0.29, 0.717) is 10.8 Å². The summed E-state index contributed by atoms with van der Waals surface area (Å²) in [6.07, 6.45) is 0.174. The van der Waals surface area contributed by atoms with Crippen LogP contribution in [0.5, 0.6) is 0 Å². The lowest BCUT2D eigenvalue weighted by Gasteiger charge is -2.15. The minimum Gasteiger partial charge on any atom is -0.274 e. The topological polar surface area (TPSA) is 63.2 Å². The Labute approximate surface area is 139 Å². The summed E-state index contributed by atoms with van der Waals surface area (Å²) in [6, 6.07) is 9.28. The smallest absolute Gasteiger partial charge is 0.247 e. The summed E-state index contributed by atoms with van der Waals surface area (Å²) < 4.78 is 0. The Morgan fingerprint density at radius 1 is 1.09 bits per heavy atom. The van der Waals surface area contributed by atoms with Crippen LogP contribution in [0.4, 0.5) is 5.69 Å². The van der Waals surface area contributed by atoms with Crippen LogP contribution in [0.1, 0.15) is 23.4 Å². The number of aromatic nitrogens is 2. The molecule has 1 atom stereocenters. The van der Waals surface area contributed by atoms with Crippen molar-refractivity contribution < 1.29 is 9.59 Å². The van der Waals surface area contributed by atoms with Gasteiger partial charge in [0.15, 0.2) is 5.16 Å². The molecule has 2 aromatic rings. The standard InChI is InChI=1S/C17H17N3O2S/c1-10-5-4-6-13(7-10)20-15(21)9-14(16(20)22)23-17-18-11(2)8-12(3)19-17/h4-8,14H,9H2,1-3H3/t14-/m1/s1. The maximum Gasteiger partial charge on any atom is 0.247 e. The van der Waals surface area contributed by atoms with E-state index in [1.54, 1.807) is 6.07 Å². The van der Waals surface area contributed by atoms with E-state index < -0.39 is 5.25 Å². The summed E-state index contributed by atoms with van der Waals surface area (Å²) in [4.78, 5) is 34.9. The zero-order chi connectivity index (χ0) is 16.6. The van der Waals surface area contributed by atoms with Gasteiger partial charge in [-0.05, 0) is 44.5 Å². The molecule has 1 aromatic heterocycles. The van der Waals surface area contributed by atoms with E-state index in [4.69, 9.17) is 0 Å². The quantitative estimate of drug-likeness (QED) is 0.641. The number of hydrogen-bond donors (Lipinski definition) is 0. The average Bonchev–Trinajstić information content (AvgIpc) is 2.72. The van der Waals surface area contributed by atoms with E-state index in [9.17, 15) is 9.59 Å². The summed E-state index contributed by atoms with van der Waals surface area (Å²) in [6.45, 7) is 5.71. The zero-order valence-corrected chi connectivity index (χ0v) is 14.1. The molecule has 23 heavy (non-hydrogen) atoms. The molecule has 0 spiro atoms. The minimum atomic E-state index is -0.468. The number of rotatable bonds is 3. The number of carbonyl (C=O) groups is 2. The van der Waals surface area contributed by atoms with Gasteiger partial charge in [-0.2, -0.15) is 0 Å². The molecule has 2 heterocycles. The van der Waals surface area contributed by atoms with E-state index in [-0.39, 0.29) is 18.2 Å². The summed E-state index contributed by atoms with van der Waals surface area (Å²) in [5.41, 5.74) is 3.35. The van der Waals surface area contributed by atoms with Crippen LogP contribution in [-0.4, -0.2) is 27.0 Å². The van der Waals surface area contributed by atoms with E-state index >= 15 is 0 Å². The predicted octanol–water partition coefficient (Wildman–Crippen LogP) is 2.83. The third kappa shape index (κ3) is 3.27. The molecule has 0 N–H and O–H groups in total. The second kappa shape index (κ2) is 6.12. The van der Waals surface area contributed by atoms with Gasteiger partial charge in [-0.1, -0.05) is 23.9 Å². The zero-order valence-electron chi connectivity index (χ0n) is 13.2. The monoisotopic (exact) mass is 327 g/mol. The minimum absolute atomic E-state index is 0.174. The van der Waals surface area contributed by atoms with Gasteiger partial charge in [-0.3, -0.25) is 9.59 Å². The van der Waals surface area contributed by atoms with E-state index in [2.05, 4.69) is 9.97 Å². The Kier molecular flexibility index (Phi) is 4.17. The van der Waals surface area contributed by atoms with E-state index in [1.807, 2.05) is 45.0 Å². The van der Waals surface area contributed by atoms with Crippen molar-refractivity contribution in [2.45, 2.75) is 37.6 Å². The fourth-order valence-corrected chi connectivity index (χ4v) is 3.69. The van der Waals surface area contributed by atoms with Crippen LogP contribution < -0.4 is 4.90 Å². The largest absolute Gasteiger partial charge is 0.274 e. The highest BCUT2D eigenvalue weighted by Crippen LogP contribution is 2.32. The van der Waals surface area contributed by atoms with Gasteiger partial charge in [0.05, 0.1) is 5.69 Å². The first-order valence-corrected chi connectivity index (χ1v) is 8.24. The highest BCUT2D eigenvalue weighted by atomic mass is 32.2. The van der Waals surface area contributed by atoms with Crippen LogP contribution >= 0.6 is 11.8 Å². The number of hydrogen-bond acceptors (Lipinski definition) is 5. The first kappa shape index (κ1) is 15.7. The van der Waals surface area contributed by atoms with Crippen molar-refractivity contribution in [3.63, 3.8) is 0 Å². The summed E-state index contributed by atoms with van der Waals surface area (Å²) in [7, 11) is 0. The molecule has 0 unspecified atom stereocenters. The second-order valence-corrected chi connectivity index (χ2v) is 6.82. The lowest BCUT2D eigenvalue weighted by molar-refractivity contribution is -0.121. The number of imide groups is 1. The first-order chi connectivity index (χ1) is 10.9. The number of amides is 2. The Morgan fingerprint density at radius 2 is 1.78 bits per heavy atom. The van der Waals surface area contributed by atoms with Gasteiger partial charge in [0.25, 0.3) is 0 Å². The lowest BCUT2D eigenvalue weighted by Crippen LogP contribution is -2.31. The van der Waals surface area contributed by atoms with Gasteiger partial charge in [0.2, 0.25) is 11.8 Å². The molecule has 3 rings (SSSR count). The highest BCUT2D eigenvalue weighted by molar-refractivity contribution is 8.00. The van der Waals surface area contributed by atoms with Crippen LogP contribution in [0.25, 0.3) is 0 Å². The molecule has 6 heteroatoms. The van der Waals surface area contributed by atoms with Crippen LogP contribution in [0.2, 0.25) is 0 Å². The molecule has 1 fully saturated rings. The maximum atomic E-state index is 12.6. The Hall–Kier alpha value is -2.21. The fourth-order valence-electron chi connectivity index (χ4n) is 2.61. The third-order valence-corrected chi connectivity index (χ3v) is 4.62. The first-order valence-electron chi connectivity index (χ1n) is 7.36. The molecule has 0 radical (unpaired) electrons. The third-order valence-electron chi connectivity index (χ3n) is 3.57. The summed E-state index contributed by atoms with van der Waals surface area (Å²) in [5.74, 6) is -0.379. The number of carbonyl (C=O) groups excluding carboxylic acids is 2. The fraction of sp³-hybridized carbons (Fsp3) is 0.294. The van der Waals surface area contributed by atoms with Crippen LogP contribution in [0.3, 0.4) is 0 Å². The number of nitrogens with zero attached hydrogens (tertiary/aromatic N) is 3. The van der Waals surface area contributed by atoms with Crippen molar-refractivity contribution in [2.24, 2.45) is 0 Å². The molecule has 2 amide bonds. The second-order valence-electron chi connectivity index (χ2n) is 5.65. The molecule has 5 nitrogen and oxygen atoms in total. The van der Waals surface area contributed by atoms with Crippen LogP contribution in [0.15, 0.2) is 35.5 Å². The molecular formula is C17H17N3O2S. The van der Waals surface area contributed by atoms with Gasteiger partial charge in [0, 0.05) is 17.8 Å². The summed E-state index contributed by atoms with van der Waals surface area (Å²) in [5, 5.41) is 0.0731. The summed E-state index contributed by atoms with van der Waals surface area (Å²) >= 11 is 1.26. The van der Waals surface area contributed by atoms with Crippen molar-refractivity contribution in [2.75, 3.05) is 4.90 Å². The van der Waals surface area contributed by atoms with Gasteiger partial charge >= 0.3 is 0 Å². The number of aryl methyl sites for hydroxylation is 3. The van der Waals surface area contributed by atoms with Crippen LogP contribution in [0, 0.1) is 20.8 Å². The van der Waals surface area contributed by atoms with Gasteiger partial charge in [-0.15, -0.1) is 0 Å². The Balaban J connectivity index is 1.83. The maximum absolute atomic E-state index is 12.6. The van der Waals surface area contributed by atoms with Gasteiger partial charge in [0.1, 0.15) is 5.25 Å². The molecule has 0 aliphatic carbocycles.